The van der Waals surface area contributed by atoms with Crippen LogP contribution in [0, 0.1) is 6.92 Å². The molecule has 0 unspecified atom stereocenters. The fourth-order valence-corrected chi connectivity index (χ4v) is 2.98. The monoisotopic (exact) mass is 294 g/mol. The van der Waals surface area contributed by atoms with Crippen molar-refractivity contribution in [1.82, 2.24) is 4.98 Å². The SMILES string of the molecule is CC(=O)c1sc(N(C)Cc2cccc(Cl)c2)nc1C. The lowest BCUT2D eigenvalue weighted by Crippen LogP contribution is -2.15. The summed E-state index contributed by atoms with van der Waals surface area (Å²) in [5.41, 5.74) is 1.91. The van der Waals surface area contributed by atoms with Crippen LogP contribution in [-0.4, -0.2) is 17.8 Å². The van der Waals surface area contributed by atoms with E-state index in [1.807, 2.05) is 43.1 Å². The summed E-state index contributed by atoms with van der Waals surface area (Å²) < 4.78 is 0. The topological polar surface area (TPSA) is 33.2 Å². The van der Waals surface area contributed by atoms with E-state index in [1.165, 1.54) is 11.3 Å². The molecule has 0 radical (unpaired) electrons. The van der Waals surface area contributed by atoms with E-state index < -0.39 is 0 Å². The van der Waals surface area contributed by atoms with Crippen LogP contribution < -0.4 is 4.90 Å². The van der Waals surface area contributed by atoms with Gasteiger partial charge in [0.15, 0.2) is 10.9 Å². The summed E-state index contributed by atoms with van der Waals surface area (Å²) in [6, 6.07) is 7.74. The fourth-order valence-electron chi connectivity index (χ4n) is 1.85. The van der Waals surface area contributed by atoms with Gasteiger partial charge in [0.05, 0.1) is 10.6 Å². The Morgan fingerprint density at radius 1 is 1.47 bits per heavy atom. The lowest BCUT2D eigenvalue weighted by Gasteiger charge is -2.15. The van der Waals surface area contributed by atoms with Crippen molar-refractivity contribution in [3.05, 3.63) is 45.4 Å². The first kappa shape index (κ1) is 14.0. The van der Waals surface area contributed by atoms with Crippen molar-refractivity contribution in [1.29, 1.82) is 0 Å². The number of hydrogen-bond donors (Lipinski definition) is 0. The minimum Gasteiger partial charge on any atom is -0.347 e. The first-order valence-electron chi connectivity index (χ1n) is 5.91. The van der Waals surface area contributed by atoms with E-state index in [2.05, 4.69) is 4.98 Å². The van der Waals surface area contributed by atoms with Crippen LogP contribution in [0.15, 0.2) is 24.3 Å². The Labute approximate surface area is 121 Å². The molecule has 0 amide bonds. The number of halogens is 1. The zero-order valence-corrected chi connectivity index (χ0v) is 12.7. The molecule has 0 saturated carbocycles. The van der Waals surface area contributed by atoms with E-state index in [1.54, 1.807) is 6.92 Å². The Balaban J connectivity index is 2.18. The number of aryl methyl sites for hydroxylation is 1. The van der Waals surface area contributed by atoms with Gasteiger partial charge < -0.3 is 4.90 Å². The average Bonchev–Trinajstić information content (AvgIpc) is 2.71. The van der Waals surface area contributed by atoms with Crippen LogP contribution >= 0.6 is 22.9 Å². The molecule has 19 heavy (non-hydrogen) atoms. The minimum atomic E-state index is 0.0670. The van der Waals surface area contributed by atoms with Crippen LogP contribution in [0.25, 0.3) is 0 Å². The summed E-state index contributed by atoms with van der Waals surface area (Å²) in [6.07, 6.45) is 0. The number of carbonyl (C=O) groups is 1. The van der Waals surface area contributed by atoms with E-state index in [9.17, 15) is 4.79 Å². The first-order chi connectivity index (χ1) is 8.97. The van der Waals surface area contributed by atoms with Crippen molar-refractivity contribution in [2.75, 3.05) is 11.9 Å². The highest BCUT2D eigenvalue weighted by Crippen LogP contribution is 2.26. The van der Waals surface area contributed by atoms with Gasteiger partial charge in [-0.2, -0.15) is 0 Å². The summed E-state index contributed by atoms with van der Waals surface area (Å²) in [5.74, 6) is 0.0670. The molecule has 0 bridgehead atoms. The molecular weight excluding hydrogens is 280 g/mol. The van der Waals surface area contributed by atoms with Crippen LogP contribution in [0.2, 0.25) is 5.02 Å². The smallest absolute Gasteiger partial charge is 0.186 e. The standard InChI is InChI=1S/C14H15ClN2OS/c1-9-13(10(2)18)19-14(16-9)17(3)8-11-5-4-6-12(15)7-11/h4-7H,8H2,1-3H3. The van der Waals surface area contributed by atoms with Gasteiger partial charge in [-0.25, -0.2) is 4.98 Å². The number of hydrogen-bond acceptors (Lipinski definition) is 4. The molecule has 5 heteroatoms. The molecule has 0 fully saturated rings. The fraction of sp³-hybridized carbons (Fsp3) is 0.286. The molecule has 0 N–H and O–H groups in total. The molecule has 1 aromatic heterocycles. The van der Waals surface area contributed by atoms with Crippen LogP contribution in [-0.2, 0) is 6.54 Å². The largest absolute Gasteiger partial charge is 0.347 e. The lowest BCUT2D eigenvalue weighted by molar-refractivity contribution is 0.102. The van der Waals surface area contributed by atoms with E-state index in [4.69, 9.17) is 11.6 Å². The molecule has 1 aromatic carbocycles. The number of ketones is 1. The molecule has 100 valence electrons. The summed E-state index contributed by atoms with van der Waals surface area (Å²) in [5, 5.41) is 1.58. The van der Waals surface area contributed by atoms with Gasteiger partial charge in [0.2, 0.25) is 0 Å². The van der Waals surface area contributed by atoms with Crippen LogP contribution in [0.5, 0.6) is 0 Å². The number of carbonyl (C=O) groups excluding carboxylic acids is 1. The van der Waals surface area contributed by atoms with E-state index in [0.29, 0.717) is 6.54 Å². The van der Waals surface area contributed by atoms with Crippen molar-refractivity contribution in [2.24, 2.45) is 0 Å². The highest BCUT2D eigenvalue weighted by molar-refractivity contribution is 7.17. The van der Waals surface area contributed by atoms with Crippen molar-refractivity contribution >= 4 is 33.9 Å². The van der Waals surface area contributed by atoms with Crippen molar-refractivity contribution < 1.29 is 4.79 Å². The van der Waals surface area contributed by atoms with Gasteiger partial charge in [-0.05, 0) is 24.6 Å². The Hall–Kier alpha value is -1.39. The molecule has 2 rings (SSSR count). The van der Waals surface area contributed by atoms with Gasteiger partial charge in [0.1, 0.15) is 0 Å². The van der Waals surface area contributed by atoms with Crippen LogP contribution in [0.4, 0.5) is 5.13 Å². The number of rotatable bonds is 4. The predicted octanol–water partition coefficient (Wildman–Crippen LogP) is 3.94. The second-order valence-corrected chi connectivity index (χ2v) is 5.87. The quantitative estimate of drug-likeness (QED) is 0.801. The number of benzene rings is 1. The van der Waals surface area contributed by atoms with Crippen LogP contribution in [0.1, 0.15) is 27.9 Å². The Bertz CT molecular complexity index is 609. The van der Waals surface area contributed by atoms with Crippen molar-refractivity contribution in [3.8, 4) is 0 Å². The van der Waals surface area contributed by atoms with Gasteiger partial charge in [0.25, 0.3) is 0 Å². The van der Waals surface area contributed by atoms with E-state index in [-0.39, 0.29) is 5.78 Å². The molecule has 1 heterocycles. The number of anilines is 1. The Morgan fingerprint density at radius 3 is 2.79 bits per heavy atom. The second-order valence-electron chi connectivity index (χ2n) is 4.45. The Morgan fingerprint density at radius 2 is 2.21 bits per heavy atom. The zero-order valence-electron chi connectivity index (χ0n) is 11.1. The third-order valence-electron chi connectivity index (χ3n) is 2.74. The van der Waals surface area contributed by atoms with Gasteiger partial charge in [-0.3, -0.25) is 4.79 Å². The molecule has 0 spiro atoms. The van der Waals surface area contributed by atoms with Crippen molar-refractivity contribution in [3.63, 3.8) is 0 Å². The van der Waals surface area contributed by atoms with E-state index in [0.717, 1.165) is 26.3 Å². The van der Waals surface area contributed by atoms with Gasteiger partial charge in [-0.15, -0.1) is 0 Å². The summed E-state index contributed by atoms with van der Waals surface area (Å²) in [6.45, 7) is 4.15. The molecule has 0 saturated heterocycles. The predicted molar refractivity (Wildman–Crippen MR) is 80.4 cm³/mol. The zero-order chi connectivity index (χ0) is 14.0. The van der Waals surface area contributed by atoms with Crippen molar-refractivity contribution in [2.45, 2.75) is 20.4 Å². The highest BCUT2D eigenvalue weighted by atomic mass is 35.5. The maximum Gasteiger partial charge on any atom is 0.186 e. The molecule has 0 aliphatic carbocycles. The number of nitrogens with zero attached hydrogens (tertiary/aromatic N) is 2. The molecular formula is C14H15ClN2OS. The average molecular weight is 295 g/mol. The third kappa shape index (κ3) is 3.33. The Kier molecular flexibility index (Phi) is 4.22. The summed E-state index contributed by atoms with van der Waals surface area (Å²) >= 11 is 7.40. The van der Waals surface area contributed by atoms with Crippen LogP contribution in [0.3, 0.4) is 0 Å². The number of thiazole rings is 1. The maximum absolute atomic E-state index is 11.4. The third-order valence-corrected chi connectivity index (χ3v) is 4.35. The lowest BCUT2D eigenvalue weighted by atomic mass is 10.2. The molecule has 2 aromatic rings. The molecule has 0 aliphatic heterocycles. The molecule has 0 aliphatic rings. The maximum atomic E-state index is 11.4. The van der Waals surface area contributed by atoms with Gasteiger partial charge in [0, 0.05) is 25.5 Å². The second kappa shape index (κ2) is 5.72. The summed E-state index contributed by atoms with van der Waals surface area (Å²) in [7, 11) is 1.96. The highest BCUT2D eigenvalue weighted by Gasteiger charge is 2.14. The first-order valence-corrected chi connectivity index (χ1v) is 7.10. The summed E-state index contributed by atoms with van der Waals surface area (Å²) in [4.78, 5) is 18.6. The van der Waals surface area contributed by atoms with Gasteiger partial charge in [-0.1, -0.05) is 35.1 Å². The molecule has 3 nitrogen and oxygen atoms in total. The number of aromatic nitrogens is 1. The normalized spacial score (nSPS) is 10.5. The minimum absolute atomic E-state index is 0.0670. The molecule has 0 atom stereocenters. The number of Topliss-reactive ketones (excluding diaryl/α,β-unsaturated/α-hetero) is 1. The van der Waals surface area contributed by atoms with E-state index >= 15 is 0 Å². The van der Waals surface area contributed by atoms with Gasteiger partial charge >= 0.3 is 0 Å².